The number of hydrogen-bond acceptors (Lipinski definition) is 4. The zero-order chi connectivity index (χ0) is 16.2. The standard InChI is InChI=1S/C17H19N3O3/c1-12-15(16(19-23-12)13-7-3-2-4-8-13)17(22)18-11-14(21)20-9-5-6-10-20/h2-4,7-8H,5-6,9-11H2,1H3,(H,18,22). The topological polar surface area (TPSA) is 75.4 Å². The first-order chi connectivity index (χ1) is 11.2. The fourth-order valence-corrected chi connectivity index (χ4v) is 2.76. The maximum absolute atomic E-state index is 12.5. The number of aryl methyl sites for hydroxylation is 1. The molecule has 0 unspecified atom stereocenters. The van der Waals surface area contributed by atoms with Crippen molar-refractivity contribution in [1.29, 1.82) is 0 Å². The molecule has 2 aromatic rings. The first kappa shape index (κ1) is 15.3. The first-order valence-corrected chi connectivity index (χ1v) is 7.74. The summed E-state index contributed by atoms with van der Waals surface area (Å²) in [4.78, 5) is 26.3. The Morgan fingerprint density at radius 2 is 1.91 bits per heavy atom. The van der Waals surface area contributed by atoms with Crippen LogP contribution in [0.25, 0.3) is 11.3 Å². The van der Waals surface area contributed by atoms with Crippen molar-refractivity contribution in [3.05, 3.63) is 41.7 Å². The molecule has 1 aliphatic heterocycles. The highest BCUT2D eigenvalue weighted by Gasteiger charge is 2.23. The van der Waals surface area contributed by atoms with E-state index in [0.29, 0.717) is 17.0 Å². The summed E-state index contributed by atoms with van der Waals surface area (Å²) >= 11 is 0. The van der Waals surface area contributed by atoms with Gasteiger partial charge in [-0.15, -0.1) is 0 Å². The van der Waals surface area contributed by atoms with Crippen molar-refractivity contribution in [3.8, 4) is 11.3 Å². The maximum atomic E-state index is 12.5. The van der Waals surface area contributed by atoms with Crippen LogP contribution < -0.4 is 5.32 Å². The van der Waals surface area contributed by atoms with Gasteiger partial charge in [-0.2, -0.15) is 0 Å². The van der Waals surface area contributed by atoms with Crippen molar-refractivity contribution >= 4 is 11.8 Å². The van der Waals surface area contributed by atoms with Gasteiger partial charge in [0.2, 0.25) is 5.91 Å². The molecule has 1 aliphatic rings. The van der Waals surface area contributed by atoms with E-state index in [9.17, 15) is 9.59 Å². The van der Waals surface area contributed by atoms with Gasteiger partial charge in [0.25, 0.3) is 5.91 Å². The first-order valence-electron chi connectivity index (χ1n) is 7.74. The summed E-state index contributed by atoms with van der Waals surface area (Å²) in [6.07, 6.45) is 2.06. The van der Waals surface area contributed by atoms with Gasteiger partial charge >= 0.3 is 0 Å². The van der Waals surface area contributed by atoms with E-state index >= 15 is 0 Å². The SMILES string of the molecule is Cc1onc(-c2ccccc2)c1C(=O)NCC(=O)N1CCCC1. The summed E-state index contributed by atoms with van der Waals surface area (Å²) in [5.41, 5.74) is 1.68. The summed E-state index contributed by atoms with van der Waals surface area (Å²) in [5, 5.41) is 6.66. The van der Waals surface area contributed by atoms with Gasteiger partial charge in [-0.25, -0.2) is 0 Å². The molecule has 1 N–H and O–H groups in total. The molecule has 1 aromatic heterocycles. The van der Waals surface area contributed by atoms with E-state index in [4.69, 9.17) is 4.52 Å². The number of nitrogens with zero attached hydrogens (tertiary/aromatic N) is 2. The van der Waals surface area contributed by atoms with Gasteiger partial charge in [0, 0.05) is 18.7 Å². The van der Waals surface area contributed by atoms with Crippen molar-refractivity contribution in [2.24, 2.45) is 0 Å². The molecule has 0 atom stereocenters. The van der Waals surface area contributed by atoms with Gasteiger partial charge in [0.05, 0.1) is 6.54 Å². The number of carbonyl (C=O) groups excluding carboxylic acids is 2. The number of benzene rings is 1. The molecule has 1 saturated heterocycles. The Labute approximate surface area is 134 Å². The third kappa shape index (κ3) is 3.26. The number of amides is 2. The molecule has 1 fully saturated rings. The molecule has 0 spiro atoms. The zero-order valence-electron chi connectivity index (χ0n) is 13.0. The van der Waals surface area contributed by atoms with Crippen LogP contribution in [-0.2, 0) is 4.79 Å². The third-order valence-electron chi connectivity index (χ3n) is 4.00. The molecule has 1 aromatic carbocycles. The van der Waals surface area contributed by atoms with Crippen LogP contribution in [0.15, 0.2) is 34.9 Å². The molecule has 3 rings (SSSR count). The van der Waals surface area contributed by atoms with Crippen LogP contribution in [0.3, 0.4) is 0 Å². The molecular weight excluding hydrogens is 294 g/mol. The number of aromatic nitrogens is 1. The molecule has 23 heavy (non-hydrogen) atoms. The van der Waals surface area contributed by atoms with Crippen LogP contribution in [0, 0.1) is 6.92 Å². The van der Waals surface area contributed by atoms with Crippen LogP contribution in [0.5, 0.6) is 0 Å². The van der Waals surface area contributed by atoms with E-state index in [2.05, 4.69) is 10.5 Å². The Hall–Kier alpha value is -2.63. The van der Waals surface area contributed by atoms with E-state index in [1.54, 1.807) is 11.8 Å². The van der Waals surface area contributed by atoms with Gasteiger partial charge in [-0.3, -0.25) is 9.59 Å². The molecule has 2 amide bonds. The average molecular weight is 313 g/mol. The number of likely N-dealkylation sites (tertiary alicyclic amines) is 1. The zero-order valence-corrected chi connectivity index (χ0v) is 13.0. The number of nitrogens with one attached hydrogen (secondary N) is 1. The van der Waals surface area contributed by atoms with Gasteiger partial charge < -0.3 is 14.7 Å². The van der Waals surface area contributed by atoms with Crippen molar-refractivity contribution in [3.63, 3.8) is 0 Å². The lowest BCUT2D eigenvalue weighted by atomic mass is 10.1. The Bertz CT molecular complexity index is 703. The Kier molecular flexibility index (Phi) is 4.41. The second kappa shape index (κ2) is 6.64. The predicted molar refractivity (Wildman–Crippen MR) is 84.8 cm³/mol. The van der Waals surface area contributed by atoms with Crippen LogP contribution in [0.4, 0.5) is 0 Å². The van der Waals surface area contributed by atoms with E-state index in [1.807, 2.05) is 30.3 Å². The second-order valence-corrected chi connectivity index (χ2v) is 5.60. The number of rotatable bonds is 4. The molecule has 0 aliphatic carbocycles. The molecule has 120 valence electrons. The van der Waals surface area contributed by atoms with E-state index in [1.165, 1.54) is 0 Å². The molecule has 0 radical (unpaired) electrons. The molecular formula is C17H19N3O3. The summed E-state index contributed by atoms with van der Waals surface area (Å²) in [6, 6.07) is 9.37. The summed E-state index contributed by atoms with van der Waals surface area (Å²) < 4.78 is 5.17. The van der Waals surface area contributed by atoms with E-state index in [0.717, 1.165) is 31.5 Å². The molecule has 2 heterocycles. The van der Waals surface area contributed by atoms with Crippen LogP contribution >= 0.6 is 0 Å². The van der Waals surface area contributed by atoms with Crippen LogP contribution in [0.2, 0.25) is 0 Å². The normalized spacial score (nSPS) is 14.0. The molecule has 0 bridgehead atoms. The van der Waals surface area contributed by atoms with Crippen LogP contribution in [-0.4, -0.2) is 41.5 Å². The minimum atomic E-state index is -0.338. The number of carbonyl (C=O) groups is 2. The van der Waals surface area contributed by atoms with Crippen molar-refractivity contribution in [1.82, 2.24) is 15.4 Å². The summed E-state index contributed by atoms with van der Waals surface area (Å²) in [5.74, 6) is 0.0522. The monoisotopic (exact) mass is 313 g/mol. The highest BCUT2D eigenvalue weighted by atomic mass is 16.5. The minimum absolute atomic E-state index is 0.00230. The maximum Gasteiger partial charge on any atom is 0.257 e. The lowest BCUT2D eigenvalue weighted by molar-refractivity contribution is -0.129. The van der Waals surface area contributed by atoms with Crippen molar-refractivity contribution in [2.45, 2.75) is 19.8 Å². The lowest BCUT2D eigenvalue weighted by Gasteiger charge is -2.15. The van der Waals surface area contributed by atoms with Gasteiger partial charge in [0.15, 0.2) is 0 Å². The van der Waals surface area contributed by atoms with Crippen molar-refractivity contribution in [2.75, 3.05) is 19.6 Å². The highest BCUT2D eigenvalue weighted by Crippen LogP contribution is 2.24. The van der Waals surface area contributed by atoms with Gasteiger partial charge in [-0.1, -0.05) is 35.5 Å². The smallest absolute Gasteiger partial charge is 0.257 e. The third-order valence-corrected chi connectivity index (χ3v) is 4.00. The van der Waals surface area contributed by atoms with E-state index in [-0.39, 0.29) is 18.4 Å². The highest BCUT2D eigenvalue weighted by molar-refractivity contribution is 6.02. The fraction of sp³-hybridized carbons (Fsp3) is 0.353. The largest absolute Gasteiger partial charge is 0.360 e. The predicted octanol–water partition coefficient (Wildman–Crippen LogP) is 2.00. The summed E-state index contributed by atoms with van der Waals surface area (Å²) in [6.45, 7) is 3.24. The number of hydrogen-bond donors (Lipinski definition) is 1. The quantitative estimate of drug-likeness (QED) is 0.937. The Morgan fingerprint density at radius 1 is 1.22 bits per heavy atom. The Balaban J connectivity index is 1.72. The lowest BCUT2D eigenvalue weighted by Crippen LogP contribution is -2.38. The molecule has 0 saturated carbocycles. The van der Waals surface area contributed by atoms with Crippen molar-refractivity contribution < 1.29 is 14.1 Å². The molecule has 6 heteroatoms. The fourth-order valence-electron chi connectivity index (χ4n) is 2.76. The summed E-state index contributed by atoms with van der Waals surface area (Å²) in [7, 11) is 0. The second-order valence-electron chi connectivity index (χ2n) is 5.60. The van der Waals surface area contributed by atoms with E-state index < -0.39 is 0 Å². The van der Waals surface area contributed by atoms with Gasteiger partial charge in [0.1, 0.15) is 17.0 Å². The van der Waals surface area contributed by atoms with Crippen LogP contribution in [0.1, 0.15) is 29.0 Å². The van der Waals surface area contributed by atoms with Gasteiger partial charge in [-0.05, 0) is 19.8 Å². The Morgan fingerprint density at radius 3 is 2.61 bits per heavy atom. The minimum Gasteiger partial charge on any atom is -0.360 e. The molecule has 6 nitrogen and oxygen atoms in total. The average Bonchev–Trinajstić information content (AvgIpc) is 3.23.